The van der Waals surface area contributed by atoms with E-state index >= 15 is 0 Å². The number of carbonyl (C=O) groups excluding carboxylic acids is 1. The maximum Gasteiger partial charge on any atom is 0.303 e. The summed E-state index contributed by atoms with van der Waals surface area (Å²) < 4.78 is 5.45. The third kappa shape index (κ3) is 2.79. The molecule has 0 aromatic heterocycles. The van der Waals surface area contributed by atoms with Crippen molar-refractivity contribution in [3.05, 3.63) is 71.8 Å². The molecule has 0 N–H and O–H groups in total. The summed E-state index contributed by atoms with van der Waals surface area (Å²) >= 11 is 0. The van der Waals surface area contributed by atoms with Crippen molar-refractivity contribution in [2.24, 2.45) is 5.16 Å². The number of hydrogen-bond acceptors (Lipinski definition) is 4. The van der Waals surface area contributed by atoms with Crippen molar-refractivity contribution in [1.29, 1.82) is 0 Å². The molecule has 21 heavy (non-hydrogen) atoms. The number of benzene rings is 2. The van der Waals surface area contributed by atoms with Crippen LogP contribution in [-0.2, 0) is 14.4 Å². The van der Waals surface area contributed by atoms with Crippen molar-refractivity contribution in [3.63, 3.8) is 0 Å². The molecule has 4 heteroatoms. The van der Waals surface area contributed by atoms with Gasteiger partial charge in [0.05, 0.1) is 0 Å². The second-order valence-corrected chi connectivity index (χ2v) is 4.81. The molecular formula is C17H15NO3. The van der Waals surface area contributed by atoms with Crippen LogP contribution in [0, 0.1) is 0 Å². The summed E-state index contributed by atoms with van der Waals surface area (Å²) in [5.41, 5.74) is 2.46. The molecule has 1 aliphatic rings. The Balaban J connectivity index is 1.93. The standard InChI is InChI=1S/C17H15NO3/c1-12(19)20-17-15(13-8-4-2-5-9-13)18-21-16(17)14-10-6-3-7-11-14/h2-11,16-17H,1H3. The van der Waals surface area contributed by atoms with Crippen LogP contribution in [0.5, 0.6) is 0 Å². The lowest BCUT2D eigenvalue weighted by molar-refractivity contribution is -0.147. The van der Waals surface area contributed by atoms with Gasteiger partial charge in [0.15, 0.2) is 12.2 Å². The van der Waals surface area contributed by atoms with E-state index in [4.69, 9.17) is 9.57 Å². The minimum atomic E-state index is -0.535. The Morgan fingerprint density at radius 1 is 1.05 bits per heavy atom. The molecule has 2 aromatic carbocycles. The molecule has 0 spiro atoms. The average molecular weight is 281 g/mol. The maximum absolute atomic E-state index is 11.4. The Morgan fingerprint density at radius 3 is 2.29 bits per heavy atom. The fourth-order valence-corrected chi connectivity index (χ4v) is 2.36. The van der Waals surface area contributed by atoms with E-state index in [0.717, 1.165) is 11.1 Å². The zero-order chi connectivity index (χ0) is 14.7. The Hall–Kier alpha value is -2.62. The van der Waals surface area contributed by atoms with Gasteiger partial charge in [0.2, 0.25) is 0 Å². The highest BCUT2D eigenvalue weighted by atomic mass is 16.7. The normalized spacial score (nSPS) is 20.5. The number of nitrogens with zero attached hydrogens (tertiary/aromatic N) is 1. The minimum Gasteiger partial charge on any atom is -0.451 e. The molecule has 2 unspecified atom stereocenters. The van der Waals surface area contributed by atoms with E-state index in [1.54, 1.807) is 0 Å². The summed E-state index contributed by atoms with van der Waals surface area (Å²) in [5, 5.41) is 4.14. The van der Waals surface area contributed by atoms with Crippen LogP contribution in [0.2, 0.25) is 0 Å². The molecule has 1 heterocycles. The van der Waals surface area contributed by atoms with Crippen molar-refractivity contribution in [2.45, 2.75) is 19.1 Å². The fraction of sp³-hybridized carbons (Fsp3) is 0.176. The van der Waals surface area contributed by atoms with Crippen LogP contribution in [0.4, 0.5) is 0 Å². The number of oxime groups is 1. The first-order valence-electron chi connectivity index (χ1n) is 6.77. The second-order valence-electron chi connectivity index (χ2n) is 4.81. The Kier molecular flexibility index (Phi) is 3.69. The molecule has 2 atom stereocenters. The van der Waals surface area contributed by atoms with Crippen LogP contribution < -0.4 is 0 Å². The van der Waals surface area contributed by atoms with Crippen molar-refractivity contribution in [1.82, 2.24) is 0 Å². The molecule has 1 aliphatic heterocycles. The van der Waals surface area contributed by atoms with Gasteiger partial charge in [-0.2, -0.15) is 0 Å². The maximum atomic E-state index is 11.4. The second kappa shape index (κ2) is 5.79. The first-order chi connectivity index (χ1) is 10.3. The van der Waals surface area contributed by atoms with Crippen LogP contribution >= 0.6 is 0 Å². The molecule has 0 saturated carbocycles. The van der Waals surface area contributed by atoms with Crippen molar-refractivity contribution in [2.75, 3.05) is 0 Å². The van der Waals surface area contributed by atoms with E-state index in [0.29, 0.717) is 5.71 Å². The molecule has 3 rings (SSSR count). The summed E-state index contributed by atoms with van der Waals surface area (Å²) in [7, 11) is 0. The predicted octanol–water partition coefficient (Wildman–Crippen LogP) is 3.09. The number of hydrogen-bond donors (Lipinski definition) is 0. The summed E-state index contributed by atoms with van der Waals surface area (Å²) in [6.07, 6.45) is -0.947. The highest BCUT2D eigenvalue weighted by Crippen LogP contribution is 2.32. The molecular weight excluding hydrogens is 266 g/mol. The van der Waals surface area contributed by atoms with E-state index in [9.17, 15) is 4.79 Å². The van der Waals surface area contributed by atoms with E-state index in [1.807, 2.05) is 60.7 Å². The Bertz CT molecular complexity index is 652. The SMILES string of the molecule is CC(=O)OC1C(c2ccccc2)=NOC1c1ccccc1. The molecule has 0 radical (unpaired) electrons. The van der Waals surface area contributed by atoms with Crippen LogP contribution in [0.15, 0.2) is 65.8 Å². The van der Waals surface area contributed by atoms with E-state index in [1.165, 1.54) is 6.92 Å². The summed E-state index contributed by atoms with van der Waals surface area (Å²) in [6.45, 7) is 1.39. The van der Waals surface area contributed by atoms with Crippen molar-refractivity contribution < 1.29 is 14.4 Å². The molecule has 0 saturated heterocycles. The lowest BCUT2D eigenvalue weighted by Crippen LogP contribution is -2.29. The molecule has 0 bridgehead atoms. The van der Waals surface area contributed by atoms with Gasteiger partial charge in [-0.1, -0.05) is 65.8 Å². The van der Waals surface area contributed by atoms with Gasteiger partial charge in [-0.05, 0) is 5.56 Å². The zero-order valence-corrected chi connectivity index (χ0v) is 11.6. The lowest BCUT2D eigenvalue weighted by Gasteiger charge is -2.19. The van der Waals surface area contributed by atoms with Gasteiger partial charge in [0.25, 0.3) is 0 Å². The smallest absolute Gasteiger partial charge is 0.303 e. The third-order valence-electron chi connectivity index (χ3n) is 3.30. The van der Waals surface area contributed by atoms with E-state index < -0.39 is 12.2 Å². The quantitative estimate of drug-likeness (QED) is 0.812. The first-order valence-corrected chi connectivity index (χ1v) is 6.77. The zero-order valence-electron chi connectivity index (χ0n) is 11.6. The topological polar surface area (TPSA) is 47.9 Å². The number of rotatable bonds is 3. The molecule has 4 nitrogen and oxygen atoms in total. The highest BCUT2D eigenvalue weighted by molar-refractivity contribution is 6.05. The highest BCUT2D eigenvalue weighted by Gasteiger charge is 2.38. The van der Waals surface area contributed by atoms with Crippen LogP contribution in [-0.4, -0.2) is 17.8 Å². The number of ether oxygens (including phenoxy) is 1. The fourth-order valence-electron chi connectivity index (χ4n) is 2.36. The predicted molar refractivity (Wildman–Crippen MR) is 78.8 cm³/mol. The molecule has 0 fully saturated rings. The van der Waals surface area contributed by atoms with Gasteiger partial charge in [0.1, 0.15) is 5.71 Å². The number of esters is 1. The molecule has 2 aromatic rings. The first kappa shape index (κ1) is 13.4. The van der Waals surface area contributed by atoms with E-state index in [-0.39, 0.29) is 5.97 Å². The monoisotopic (exact) mass is 281 g/mol. The summed E-state index contributed by atoms with van der Waals surface area (Å²) in [4.78, 5) is 17.0. The van der Waals surface area contributed by atoms with Gasteiger partial charge in [-0.15, -0.1) is 0 Å². The van der Waals surface area contributed by atoms with Crippen LogP contribution in [0.25, 0.3) is 0 Å². The summed E-state index contributed by atoms with van der Waals surface area (Å²) in [5.74, 6) is -0.352. The van der Waals surface area contributed by atoms with Gasteiger partial charge in [0, 0.05) is 12.5 Å². The minimum absolute atomic E-state index is 0.352. The Labute approximate surface area is 123 Å². The third-order valence-corrected chi connectivity index (χ3v) is 3.30. The largest absolute Gasteiger partial charge is 0.451 e. The average Bonchev–Trinajstić information content (AvgIpc) is 2.92. The van der Waals surface area contributed by atoms with Crippen LogP contribution in [0.3, 0.4) is 0 Å². The van der Waals surface area contributed by atoms with Crippen LogP contribution in [0.1, 0.15) is 24.2 Å². The number of carbonyl (C=O) groups is 1. The van der Waals surface area contributed by atoms with Crippen molar-refractivity contribution in [3.8, 4) is 0 Å². The van der Waals surface area contributed by atoms with Gasteiger partial charge < -0.3 is 9.57 Å². The molecule has 106 valence electrons. The van der Waals surface area contributed by atoms with Gasteiger partial charge >= 0.3 is 5.97 Å². The van der Waals surface area contributed by atoms with Gasteiger partial charge in [-0.25, -0.2) is 0 Å². The Morgan fingerprint density at radius 2 is 1.67 bits per heavy atom. The summed E-state index contributed by atoms with van der Waals surface area (Å²) in [6, 6.07) is 19.2. The lowest BCUT2D eigenvalue weighted by atomic mass is 9.97. The van der Waals surface area contributed by atoms with Crippen molar-refractivity contribution >= 4 is 11.7 Å². The van der Waals surface area contributed by atoms with E-state index in [2.05, 4.69) is 5.16 Å². The van der Waals surface area contributed by atoms with Gasteiger partial charge in [-0.3, -0.25) is 4.79 Å². The molecule has 0 amide bonds. The molecule has 0 aliphatic carbocycles.